The van der Waals surface area contributed by atoms with E-state index in [1.54, 1.807) is 12.1 Å². The van der Waals surface area contributed by atoms with Gasteiger partial charge >= 0.3 is 0 Å². The Bertz CT molecular complexity index is 585. The van der Waals surface area contributed by atoms with E-state index in [1.165, 1.54) is 12.0 Å². The van der Waals surface area contributed by atoms with E-state index in [4.69, 9.17) is 11.6 Å². The fraction of sp³-hybridized carbons (Fsp3) is 0.294. The van der Waals surface area contributed by atoms with Crippen LogP contribution in [0.5, 0.6) is 5.75 Å². The number of rotatable bonds is 3. The molecule has 2 aromatic rings. The van der Waals surface area contributed by atoms with E-state index in [0.717, 1.165) is 25.2 Å². The van der Waals surface area contributed by atoms with Crippen molar-refractivity contribution in [1.29, 1.82) is 0 Å². The summed E-state index contributed by atoms with van der Waals surface area (Å²) in [7, 11) is 0. The third kappa shape index (κ3) is 2.97. The summed E-state index contributed by atoms with van der Waals surface area (Å²) in [6.07, 6.45) is 1.17. The summed E-state index contributed by atoms with van der Waals surface area (Å²) in [6.45, 7) is 2.86. The van der Waals surface area contributed by atoms with E-state index in [2.05, 4.69) is 35.2 Å². The Morgan fingerprint density at radius 1 is 1.15 bits per heavy atom. The minimum Gasteiger partial charge on any atom is -0.508 e. The fourth-order valence-electron chi connectivity index (χ4n) is 2.90. The summed E-state index contributed by atoms with van der Waals surface area (Å²) in [5.74, 6) is 0.926. The minimum absolute atomic E-state index is 0.331. The number of halogens is 1. The zero-order chi connectivity index (χ0) is 13.9. The van der Waals surface area contributed by atoms with Crippen molar-refractivity contribution >= 4 is 11.6 Å². The highest BCUT2D eigenvalue weighted by Crippen LogP contribution is 2.30. The highest BCUT2D eigenvalue weighted by molar-refractivity contribution is 6.30. The van der Waals surface area contributed by atoms with Gasteiger partial charge in [-0.3, -0.25) is 4.90 Å². The number of likely N-dealkylation sites (tertiary alicyclic amines) is 1. The molecule has 1 aliphatic heterocycles. The molecule has 0 amide bonds. The summed E-state index contributed by atoms with van der Waals surface area (Å²) < 4.78 is 0. The van der Waals surface area contributed by atoms with Crippen molar-refractivity contribution in [1.82, 2.24) is 4.90 Å². The van der Waals surface area contributed by atoms with Gasteiger partial charge in [0.2, 0.25) is 0 Å². The molecule has 1 saturated heterocycles. The molecular formula is C17H18ClNO. The van der Waals surface area contributed by atoms with E-state index in [9.17, 15) is 5.11 Å². The highest BCUT2D eigenvalue weighted by atomic mass is 35.5. The SMILES string of the molecule is Oc1ccc(Cl)cc1CN1CCC(c2ccccc2)C1. The van der Waals surface area contributed by atoms with Crippen LogP contribution in [0.1, 0.15) is 23.5 Å². The normalized spacial score (nSPS) is 19.4. The maximum Gasteiger partial charge on any atom is 0.120 e. The molecule has 0 radical (unpaired) electrons. The fourth-order valence-corrected chi connectivity index (χ4v) is 3.09. The van der Waals surface area contributed by atoms with Crippen LogP contribution in [0.15, 0.2) is 48.5 Å². The van der Waals surface area contributed by atoms with Gasteiger partial charge in [0.15, 0.2) is 0 Å². The van der Waals surface area contributed by atoms with Crippen LogP contribution in [0.25, 0.3) is 0 Å². The largest absolute Gasteiger partial charge is 0.508 e. The number of hydrogen-bond donors (Lipinski definition) is 1. The number of phenols is 1. The number of phenolic OH excluding ortho intramolecular Hbond substituents is 1. The van der Waals surface area contributed by atoms with Crippen LogP contribution in [0.3, 0.4) is 0 Å². The Hall–Kier alpha value is -1.51. The molecule has 3 rings (SSSR count). The lowest BCUT2D eigenvalue weighted by atomic mass is 9.99. The first-order chi connectivity index (χ1) is 9.72. The second-order valence-corrected chi connectivity index (χ2v) is 5.84. The van der Waals surface area contributed by atoms with Gasteiger partial charge in [-0.05, 0) is 42.6 Å². The van der Waals surface area contributed by atoms with Crippen molar-refractivity contribution < 1.29 is 5.11 Å². The number of benzene rings is 2. The number of hydrogen-bond acceptors (Lipinski definition) is 2. The van der Waals surface area contributed by atoms with Gasteiger partial charge in [-0.2, -0.15) is 0 Å². The number of nitrogens with zero attached hydrogens (tertiary/aromatic N) is 1. The van der Waals surface area contributed by atoms with Crippen LogP contribution < -0.4 is 0 Å². The van der Waals surface area contributed by atoms with Gasteiger partial charge in [-0.15, -0.1) is 0 Å². The molecule has 0 saturated carbocycles. The van der Waals surface area contributed by atoms with Crippen LogP contribution in [0.2, 0.25) is 5.02 Å². The highest BCUT2D eigenvalue weighted by Gasteiger charge is 2.24. The second-order valence-electron chi connectivity index (χ2n) is 5.40. The second kappa shape index (κ2) is 5.86. The third-order valence-electron chi connectivity index (χ3n) is 3.98. The summed E-state index contributed by atoms with van der Waals surface area (Å²) in [5, 5.41) is 10.6. The first kappa shape index (κ1) is 13.5. The maximum absolute atomic E-state index is 9.89. The molecule has 0 aromatic heterocycles. The van der Waals surface area contributed by atoms with Crippen LogP contribution in [-0.2, 0) is 6.54 Å². The van der Waals surface area contributed by atoms with Gasteiger partial charge in [-0.1, -0.05) is 41.9 Å². The maximum atomic E-state index is 9.89. The van der Waals surface area contributed by atoms with Crippen molar-refractivity contribution in [2.24, 2.45) is 0 Å². The van der Waals surface area contributed by atoms with E-state index < -0.39 is 0 Å². The van der Waals surface area contributed by atoms with Crippen molar-refractivity contribution in [3.05, 3.63) is 64.7 Å². The van der Waals surface area contributed by atoms with Crippen LogP contribution >= 0.6 is 11.6 Å². The average Bonchev–Trinajstić information content (AvgIpc) is 2.92. The Morgan fingerprint density at radius 3 is 2.75 bits per heavy atom. The van der Waals surface area contributed by atoms with Gasteiger partial charge in [0.1, 0.15) is 5.75 Å². The van der Waals surface area contributed by atoms with Crippen LogP contribution in [0.4, 0.5) is 0 Å². The first-order valence-electron chi connectivity index (χ1n) is 6.97. The zero-order valence-electron chi connectivity index (χ0n) is 11.3. The van der Waals surface area contributed by atoms with Crippen molar-refractivity contribution in [2.45, 2.75) is 18.9 Å². The van der Waals surface area contributed by atoms with E-state index in [-0.39, 0.29) is 0 Å². The third-order valence-corrected chi connectivity index (χ3v) is 4.21. The number of aromatic hydroxyl groups is 1. The smallest absolute Gasteiger partial charge is 0.120 e. The molecule has 3 heteroatoms. The zero-order valence-corrected chi connectivity index (χ0v) is 12.1. The quantitative estimate of drug-likeness (QED) is 0.921. The lowest BCUT2D eigenvalue weighted by molar-refractivity contribution is 0.320. The molecule has 2 nitrogen and oxygen atoms in total. The first-order valence-corrected chi connectivity index (χ1v) is 7.35. The lowest BCUT2D eigenvalue weighted by Crippen LogP contribution is -2.19. The summed E-state index contributed by atoms with van der Waals surface area (Å²) >= 11 is 6.00. The molecule has 104 valence electrons. The Kier molecular flexibility index (Phi) is 3.95. The molecule has 0 spiro atoms. The van der Waals surface area contributed by atoms with Crippen molar-refractivity contribution in [3.63, 3.8) is 0 Å². The monoisotopic (exact) mass is 287 g/mol. The molecule has 1 unspecified atom stereocenters. The van der Waals surface area contributed by atoms with Gasteiger partial charge in [-0.25, -0.2) is 0 Å². The topological polar surface area (TPSA) is 23.5 Å². The van der Waals surface area contributed by atoms with Crippen molar-refractivity contribution in [2.75, 3.05) is 13.1 Å². The average molecular weight is 288 g/mol. The minimum atomic E-state index is 0.331. The molecule has 1 heterocycles. The van der Waals surface area contributed by atoms with Gasteiger partial charge in [0, 0.05) is 23.7 Å². The molecule has 20 heavy (non-hydrogen) atoms. The van der Waals surface area contributed by atoms with Gasteiger partial charge < -0.3 is 5.11 Å². The molecule has 1 N–H and O–H groups in total. The molecule has 1 aliphatic rings. The van der Waals surface area contributed by atoms with E-state index in [0.29, 0.717) is 16.7 Å². The lowest BCUT2D eigenvalue weighted by Gasteiger charge is -2.17. The molecule has 1 fully saturated rings. The van der Waals surface area contributed by atoms with E-state index in [1.807, 2.05) is 6.07 Å². The van der Waals surface area contributed by atoms with Crippen LogP contribution in [0, 0.1) is 0 Å². The van der Waals surface area contributed by atoms with Gasteiger partial charge in [0.25, 0.3) is 0 Å². The standard InChI is InChI=1S/C17H18ClNO/c18-16-6-7-17(20)15(10-16)12-19-9-8-14(11-19)13-4-2-1-3-5-13/h1-7,10,14,20H,8-9,11-12H2. The molecular weight excluding hydrogens is 270 g/mol. The van der Waals surface area contributed by atoms with E-state index >= 15 is 0 Å². The molecule has 1 atom stereocenters. The Labute approximate surface area is 124 Å². The van der Waals surface area contributed by atoms with Crippen molar-refractivity contribution in [3.8, 4) is 5.75 Å². The summed E-state index contributed by atoms with van der Waals surface area (Å²) in [4.78, 5) is 2.38. The Balaban J connectivity index is 1.67. The summed E-state index contributed by atoms with van der Waals surface area (Å²) in [6, 6.07) is 15.9. The molecule has 0 aliphatic carbocycles. The predicted octanol–water partition coefficient (Wildman–Crippen LogP) is 4.04. The summed E-state index contributed by atoms with van der Waals surface area (Å²) in [5.41, 5.74) is 2.32. The van der Waals surface area contributed by atoms with Gasteiger partial charge in [0.05, 0.1) is 0 Å². The Morgan fingerprint density at radius 2 is 1.95 bits per heavy atom. The molecule has 2 aromatic carbocycles. The van der Waals surface area contributed by atoms with Crippen LogP contribution in [-0.4, -0.2) is 23.1 Å². The predicted molar refractivity (Wildman–Crippen MR) is 82.2 cm³/mol. The molecule has 0 bridgehead atoms.